The molecule has 0 atom stereocenters. The lowest BCUT2D eigenvalue weighted by atomic mass is 10.2. The zero-order chi connectivity index (χ0) is 17.7. The Morgan fingerprint density at radius 1 is 0.680 bits per heavy atom. The summed E-state index contributed by atoms with van der Waals surface area (Å²) in [7, 11) is -1.28. The lowest BCUT2D eigenvalue weighted by Gasteiger charge is -2.37. The van der Waals surface area contributed by atoms with E-state index in [1.807, 2.05) is 0 Å². The van der Waals surface area contributed by atoms with Gasteiger partial charge in [0.2, 0.25) is 0 Å². The topological polar surface area (TPSA) is 9.23 Å². The van der Waals surface area contributed by atoms with Crippen LogP contribution in [-0.2, 0) is 0 Å². The number of ether oxygens (including phenoxy) is 1. The van der Waals surface area contributed by atoms with Crippen LogP contribution in [0.1, 0.15) is 13.8 Å². The van der Waals surface area contributed by atoms with Crippen molar-refractivity contribution >= 4 is 10.0 Å². The summed E-state index contributed by atoms with van der Waals surface area (Å²) in [6.07, 6.45) is 2.38. The number of benzene rings is 3. The minimum atomic E-state index is -1.28. The number of hydrogen-bond acceptors (Lipinski definition) is 1. The van der Waals surface area contributed by atoms with Crippen LogP contribution in [0, 0.1) is 5.92 Å². The zero-order valence-corrected chi connectivity index (χ0v) is 16.0. The molecule has 0 aliphatic rings. The molecule has 0 aromatic heterocycles. The van der Waals surface area contributed by atoms with E-state index in [-0.39, 0.29) is 0 Å². The summed E-state index contributed by atoms with van der Waals surface area (Å²) in [5, 5.41) is 0. The predicted molar refractivity (Wildman–Crippen MR) is 108 cm³/mol. The van der Waals surface area contributed by atoms with Crippen molar-refractivity contribution in [2.45, 2.75) is 28.5 Å². The summed E-state index contributed by atoms with van der Waals surface area (Å²) >= 11 is 0. The van der Waals surface area contributed by atoms with Crippen LogP contribution in [0.15, 0.2) is 99.6 Å². The molecule has 0 saturated carbocycles. The molecular formula is C23H26OS. The average molecular weight is 351 g/mol. The van der Waals surface area contributed by atoms with Gasteiger partial charge in [-0.25, -0.2) is 0 Å². The van der Waals surface area contributed by atoms with Crippen molar-refractivity contribution in [2.75, 3.05) is 12.9 Å². The fourth-order valence-corrected chi connectivity index (χ4v) is 5.76. The average Bonchev–Trinajstić information content (AvgIpc) is 2.67. The highest BCUT2D eigenvalue weighted by atomic mass is 32.3. The van der Waals surface area contributed by atoms with Crippen LogP contribution in [0.3, 0.4) is 0 Å². The zero-order valence-electron chi connectivity index (χ0n) is 15.2. The Balaban J connectivity index is 2.01. The van der Waals surface area contributed by atoms with Crippen molar-refractivity contribution in [1.29, 1.82) is 0 Å². The van der Waals surface area contributed by atoms with Gasteiger partial charge >= 0.3 is 0 Å². The molecule has 0 amide bonds. The van der Waals surface area contributed by atoms with E-state index in [1.165, 1.54) is 14.7 Å². The van der Waals surface area contributed by atoms with Crippen LogP contribution in [0.4, 0.5) is 0 Å². The van der Waals surface area contributed by atoms with Gasteiger partial charge in [-0.3, -0.25) is 0 Å². The van der Waals surface area contributed by atoms with Crippen molar-refractivity contribution in [3.8, 4) is 5.75 Å². The van der Waals surface area contributed by atoms with Crippen molar-refractivity contribution in [3.05, 3.63) is 84.9 Å². The molecule has 0 radical (unpaired) electrons. The highest BCUT2D eigenvalue weighted by Gasteiger charge is 2.25. The van der Waals surface area contributed by atoms with Gasteiger partial charge in [0.1, 0.15) is 5.75 Å². The van der Waals surface area contributed by atoms with E-state index >= 15 is 0 Å². The molecule has 0 unspecified atom stereocenters. The monoisotopic (exact) mass is 350 g/mol. The van der Waals surface area contributed by atoms with E-state index in [1.54, 1.807) is 0 Å². The Labute approximate surface area is 153 Å². The third-order valence-electron chi connectivity index (χ3n) is 4.31. The third kappa shape index (κ3) is 3.91. The fourth-order valence-electron chi connectivity index (χ4n) is 2.86. The van der Waals surface area contributed by atoms with Crippen molar-refractivity contribution in [3.63, 3.8) is 0 Å². The SMILES string of the molecule is CC(C)COc1ccc(S(C)(c2ccccc2)c2ccccc2)cc1. The molecule has 25 heavy (non-hydrogen) atoms. The van der Waals surface area contributed by atoms with Gasteiger partial charge in [0, 0.05) is 0 Å². The second-order valence-corrected chi connectivity index (χ2v) is 9.97. The van der Waals surface area contributed by atoms with E-state index in [4.69, 9.17) is 4.74 Å². The molecule has 0 spiro atoms. The molecule has 0 aliphatic heterocycles. The maximum Gasteiger partial charge on any atom is 0.119 e. The molecule has 0 aliphatic carbocycles. The highest BCUT2D eigenvalue weighted by molar-refractivity contribution is 8.33. The summed E-state index contributed by atoms with van der Waals surface area (Å²) in [5.41, 5.74) is 0. The van der Waals surface area contributed by atoms with Gasteiger partial charge in [-0.2, -0.15) is 10.0 Å². The first kappa shape index (κ1) is 17.6. The molecule has 0 heterocycles. The number of hydrogen-bond donors (Lipinski definition) is 0. The Bertz CT molecular complexity index is 740. The van der Waals surface area contributed by atoms with Crippen LogP contribution in [0.5, 0.6) is 5.75 Å². The summed E-state index contributed by atoms with van der Waals surface area (Å²) in [5.74, 6) is 1.48. The highest BCUT2D eigenvalue weighted by Crippen LogP contribution is 2.65. The number of rotatable bonds is 6. The molecule has 3 rings (SSSR count). The van der Waals surface area contributed by atoms with Gasteiger partial charge in [0.25, 0.3) is 0 Å². The first-order valence-corrected chi connectivity index (χ1v) is 10.8. The molecule has 0 fully saturated rings. The van der Waals surface area contributed by atoms with Crippen LogP contribution < -0.4 is 4.74 Å². The third-order valence-corrected chi connectivity index (χ3v) is 7.95. The van der Waals surface area contributed by atoms with Crippen LogP contribution in [-0.4, -0.2) is 12.9 Å². The summed E-state index contributed by atoms with van der Waals surface area (Å²) in [4.78, 5) is 4.09. The Hall–Kier alpha value is -2.19. The van der Waals surface area contributed by atoms with Crippen LogP contribution in [0.2, 0.25) is 0 Å². The second-order valence-electron chi connectivity index (χ2n) is 6.72. The van der Waals surface area contributed by atoms with E-state index in [2.05, 4.69) is 105 Å². The molecule has 0 N–H and O–H groups in total. The van der Waals surface area contributed by atoms with Crippen LogP contribution >= 0.6 is 10.0 Å². The molecule has 1 nitrogen and oxygen atoms in total. The van der Waals surface area contributed by atoms with Gasteiger partial charge in [-0.05, 0) is 75.4 Å². The molecule has 3 aromatic rings. The molecule has 130 valence electrons. The minimum absolute atomic E-state index is 0.532. The first-order chi connectivity index (χ1) is 12.1. The van der Waals surface area contributed by atoms with Crippen molar-refractivity contribution in [2.24, 2.45) is 5.92 Å². The standard InChI is InChI=1S/C23H26OS/c1-19(2)18-24-20-14-16-23(17-15-20)25(3,21-10-6-4-7-11-21)22-12-8-5-9-13-22/h4-17,19H,18H2,1-3H3. The van der Waals surface area contributed by atoms with E-state index in [0.29, 0.717) is 5.92 Å². The first-order valence-electron chi connectivity index (χ1n) is 8.72. The van der Waals surface area contributed by atoms with Gasteiger partial charge in [0.05, 0.1) is 6.61 Å². The summed E-state index contributed by atoms with van der Waals surface area (Å²) in [6, 6.07) is 30.3. The van der Waals surface area contributed by atoms with Gasteiger partial charge in [-0.1, -0.05) is 50.2 Å². The van der Waals surface area contributed by atoms with Crippen LogP contribution in [0.25, 0.3) is 0 Å². The van der Waals surface area contributed by atoms with Gasteiger partial charge in [0.15, 0.2) is 0 Å². The Morgan fingerprint density at radius 2 is 1.12 bits per heavy atom. The summed E-state index contributed by atoms with van der Waals surface area (Å²) in [6.45, 7) is 5.08. The van der Waals surface area contributed by atoms with E-state index in [0.717, 1.165) is 12.4 Å². The smallest absolute Gasteiger partial charge is 0.119 e. The lowest BCUT2D eigenvalue weighted by molar-refractivity contribution is 0.271. The molecule has 0 bridgehead atoms. The van der Waals surface area contributed by atoms with E-state index in [9.17, 15) is 0 Å². The Morgan fingerprint density at radius 3 is 1.56 bits per heavy atom. The van der Waals surface area contributed by atoms with Crippen molar-refractivity contribution < 1.29 is 4.74 Å². The second kappa shape index (κ2) is 7.79. The molecular weight excluding hydrogens is 324 g/mol. The predicted octanol–water partition coefficient (Wildman–Crippen LogP) is 6.63. The minimum Gasteiger partial charge on any atom is -0.493 e. The quantitative estimate of drug-likeness (QED) is 0.484. The van der Waals surface area contributed by atoms with Gasteiger partial charge in [-0.15, -0.1) is 0 Å². The molecule has 0 saturated heterocycles. The van der Waals surface area contributed by atoms with Crippen molar-refractivity contribution in [1.82, 2.24) is 0 Å². The maximum absolute atomic E-state index is 5.86. The maximum atomic E-state index is 5.86. The van der Waals surface area contributed by atoms with Gasteiger partial charge < -0.3 is 4.74 Å². The largest absolute Gasteiger partial charge is 0.493 e. The lowest BCUT2D eigenvalue weighted by Crippen LogP contribution is -2.05. The fraction of sp³-hybridized carbons (Fsp3) is 0.217. The summed E-state index contributed by atoms with van der Waals surface area (Å²) < 4.78 is 5.86. The van der Waals surface area contributed by atoms with E-state index < -0.39 is 10.0 Å². The molecule has 3 aromatic carbocycles. The Kier molecular flexibility index (Phi) is 5.50. The molecule has 2 heteroatoms. The normalized spacial score (nSPS) is 12.2.